The van der Waals surface area contributed by atoms with Crippen molar-refractivity contribution >= 4 is 6.09 Å². The van der Waals surface area contributed by atoms with Crippen LogP contribution in [0.3, 0.4) is 0 Å². The quantitative estimate of drug-likeness (QED) is 0.890. The number of aromatic nitrogens is 2. The van der Waals surface area contributed by atoms with Gasteiger partial charge < -0.3 is 14.6 Å². The van der Waals surface area contributed by atoms with Gasteiger partial charge in [0.05, 0.1) is 24.3 Å². The van der Waals surface area contributed by atoms with Crippen LogP contribution >= 0.6 is 0 Å². The predicted octanol–water partition coefficient (Wildman–Crippen LogP) is 4.08. The molecule has 5 heteroatoms. The molecule has 0 saturated heterocycles. The van der Waals surface area contributed by atoms with Crippen molar-refractivity contribution in [2.24, 2.45) is 5.92 Å². The first-order valence-corrected chi connectivity index (χ1v) is 7.67. The highest BCUT2D eigenvalue weighted by atomic mass is 16.6. The number of hydrogen-bond donors (Lipinski definition) is 1. The lowest BCUT2D eigenvalue weighted by Crippen LogP contribution is -2.35. The molecule has 3 unspecified atom stereocenters. The molecular formula is C16H29N3O2. The summed E-state index contributed by atoms with van der Waals surface area (Å²) in [7, 11) is 0. The second kappa shape index (κ2) is 6.96. The first-order chi connectivity index (χ1) is 9.65. The van der Waals surface area contributed by atoms with E-state index in [4.69, 9.17) is 4.74 Å². The molecule has 1 amide bonds. The molecule has 120 valence electrons. The van der Waals surface area contributed by atoms with Crippen molar-refractivity contribution in [2.75, 3.05) is 0 Å². The first kappa shape index (κ1) is 17.5. The van der Waals surface area contributed by atoms with Crippen LogP contribution in [-0.2, 0) is 4.74 Å². The summed E-state index contributed by atoms with van der Waals surface area (Å²) in [4.78, 5) is 16.1. The van der Waals surface area contributed by atoms with Crippen LogP contribution in [-0.4, -0.2) is 21.2 Å². The van der Waals surface area contributed by atoms with Gasteiger partial charge in [-0.25, -0.2) is 9.78 Å². The predicted molar refractivity (Wildman–Crippen MR) is 84.2 cm³/mol. The van der Waals surface area contributed by atoms with E-state index in [-0.39, 0.29) is 6.04 Å². The number of imidazole rings is 1. The fraction of sp³-hybridized carbons (Fsp3) is 0.750. The van der Waals surface area contributed by atoms with E-state index in [9.17, 15) is 4.79 Å². The molecule has 3 atom stereocenters. The molecule has 0 saturated carbocycles. The molecule has 0 fully saturated rings. The molecule has 0 aromatic carbocycles. The zero-order valence-corrected chi connectivity index (χ0v) is 14.3. The Morgan fingerprint density at radius 1 is 1.38 bits per heavy atom. The Kier molecular flexibility index (Phi) is 5.81. The third-order valence-electron chi connectivity index (χ3n) is 3.78. The monoisotopic (exact) mass is 295 g/mol. The van der Waals surface area contributed by atoms with E-state index in [1.165, 1.54) is 0 Å². The fourth-order valence-corrected chi connectivity index (χ4v) is 2.16. The number of hydrogen-bond acceptors (Lipinski definition) is 3. The lowest BCUT2D eigenvalue weighted by Gasteiger charge is -2.26. The van der Waals surface area contributed by atoms with Crippen molar-refractivity contribution in [3.8, 4) is 0 Å². The fourth-order valence-electron chi connectivity index (χ4n) is 2.16. The molecule has 0 aliphatic rings. The molecule has 21 heavy (non-hydrogen) atoms. The van der Waals surface area contributed by atoms with Crippen molar-refractivity contribution in [1.29, 1.82) is 0 Å². The van der Waals surface area contributed by atoms with E-state index in [0.717, 1.165) is 12.1 Å². The van der Waals surface area contributed by atoms with Gasteiger partial charge in [0.1, 0.15) is 5.60 Å². The third-order valence-corrected chi connectivity index (χ3v) is 3.78. The normalized spacial score (nSPS) is 16.1. The highest BCUT2D eigenvalue weighted by Gasteiger charge is 2.22. The largest absolute Gasteiger partial charge is 0.444 e. The molecule has 1 N–H and O–H groups in total. The summed E-state index contributed by atoms with van der Waals surface area (Å²) in [6.45, 7) is 14.1. The van der Waals surface area contributed by atoms with Crippen LogP contribution < -0.4 is 5.32 Å². The number of rotatable bonds is 5. The molecule has 5 nitrogen and oxygen atoms in total. The number of carbonyl (C=O) groups is 1. The van der Waals surface area contributed by atoms with Gasteiger partial charge in [0.25, 0.3) is 0 Å². The Labute approximate surface area is 128 Å². The Morgan fingerprint density at radius 2 is 2.00 bits per heavy atom. The molecule has 0 aliphatic carbocycles. The van der Waals surface area contributed by atoms with Gasteiger partial charge in [-0.15, -0.1) is 0 Å². The second-order valence-electron chi connectivity index (χ2n) is 6.72. The molecule has 1 aromatic rings. The SMILES string of the molecule is CCC(C)C(C)n1cncc1C(C)NC(=O)OC(C)(C)C. The van der Waals surface area contributed by atoms with Crippen LogP contribution in [0.4, 0.5) is 4.79 Å². The maximum Gasteiger partial charge on any atom is 0.408 e. The van der Waals surface area contributed by atoms with Crippen molar-refractivity contribution in [1.82, 2.24) is 14.9 Å². The van der Waals surface area contributed by atoms with Crippen LogP contribution in [0.2, 0.25) is 0 Å². The van der Waals surface area contributed by atoms with Gasteiger partial charge in [0.15, 0.2) is 0 Å². The Balaban J connectivity index is 2.78. The molecule has 0 spiro atoms. The van der Waals surface area contributed by atoms with E-state index in [0.29, 0.717) is 12.0 Å². The van der Waals surface area contributed by atoms with Crippen molar-refractivity contribution in [3.05, 3.63) is 18.2 Å². The molecule has 1 heterocycles. The summed E-state index contributed by atoms with van der Waals surface area (Å²) in [6, 6.07) is 0.198. The van der Waals surface area contributed by atoms with E-state index in [1.54, 1.807) is 6.20 Å². The van der Waals surface area contributed by atoms with E-state index in [1.807, 2.05) is 34.0 Å². The summed E-state index contributed by atoms with van der Waals surface area (Å²) >= 11 is 0. The maximum atomic E-state index is 11.9. The smallest absolute Gasteiger partial charge is 0.408 e. The summed E-state index contributed by atoms with van der Waals surface area (Å²) in [5.41, 5.74) is 0.502. The van der Waals surface area contributed by atoms with Crippen molar-refractivity contribution in [3.63, 3.8) is 0 Å². The molecule has 0 aliphatic heterocycles. The van der Waals surface area contributed by atoms with E-state index < -0.39 is 11.7 Å². The van der Waals surface area contributed by atoms with Crippen LogP contribution in [0.5, 0.6) is 0 Å². The van der Waals surface area contributed by atoms with Gasteiger partial charge in [-0.1, -0.05) is 20.3 Å². The Bertz CT molecular complexity index is 462. The van der Waals surface area contributed by atoms with Crippen molar-refractivity contribution < 1.29 is 9.53 Å². The van der Waals surface area contributed by atoms with Gasteiger partial charge in [0.2, 0.25) is 0 Å². The minimum absolute atomic E-state index is 0.145. The third kappa shape index (κ3) is 5.06. The zero-order valence-electron chi connectivity index (χ0n) is 14.3. The highest BCUT2D eigenvalue weighted by molar-refractivity contribution is 5.68. The minimum atomic E-state index is -0.492. The van der Waals surface area contributed by atoms with Gasteiger partial charge >= 0.3 is 6.09 Å². The standard InChI is InChI=1S/C16H29N3O2/c1-8-11(2)13(4)19-10-17-9-14(19)12(3)18-15(20)21-16(5,6)7/h9-13H,8H2,1-7H3,(H,18,20). The molecule has 1 rings (SSSR count). The van der Waals surface area contributed by atoms with Gasteiger partial charge in [-0.3, -0.25) is 0 Å². The van der Waals surface area contributed by atoms with Crippen molar-refractivity contribution in [2.45, 2.75) is 72.6 Å². The number of amides is 1. The average Bonchev–Trinajstić information content (AvgIpc) is 2.83. The summed E-state index contributed by atoms with van der Waals surface area (Å²) in [5, 5.41) is 2.87. The first-order valence-electron chi connectivity index (χ1n) is 7.67. The maximum absolute atomic E-state index is 11.9. The molecule has 1 aromatic heterocycles. The van der Waals surface area contributed by atoms with Crippen LogP contribution in [0.1, 0.15) is 72.7 Å². The Morgan fingerprint density at radius 3 is 2.52 bits per heavy atom. The summed E-state index contributed by atoms with van der Waals surface area (Å²) in [6.07, 6.45) is 4.34. The lowest BCUT2D eigenvalue weighted by atomic mass is 10.0. The van der Waals surface area contributed by atoms with Gasteiger partial charge in [-0.2, -0.15) is 0 Å². The topological polar surface area (TPSA) is 56.2 Å². The number of nitrogens with zero attached hydrogens (tertiary/aromatic N) is 2. The van der Waals surface area contributed by atoms with E-state index in [2.05, 4.69) is 35.6 Å². The lowest BCUT2D eigenvalue weighted by molar-refractivity contribution is 0.0505. The van der Waals surface area contributed by atoms with Crippen LogP contribution in [0, 0.1) is 5.92 Å². The summed E-state index contributed by atoms with van der Waals surface area (Å²) in [5.74, 6) is 0.548. The molecule has 0 radical (unpaired) electrons. The molecular weight excluding hydrogens is 266 g/mol. The van der Waals surface area contributed by atoms with Gasteiger partial charge in [0, 0.05) is 6.04 Å². The number of carbonyl (C=O) groups excluding carboxylic acids is 1. The van der Waals surface area contributed by atoms with E-state index >= 15 is 0 Å². The zero-order chi connectivity index (χ0) is 16.2. The highest BCUT2D eigenvalue weighted by Crippen LogP contribution is 2.24. The second-order valence-corrected chi connectivity index (χ2v) is 6.72. The average molecular weight is 295 g/mol. The number of alkyl carbamates (subject to hydrolysis) is 1. The molecule has 0 bridgehead atoms. The van der Waals surface area contributed by atoms with Gasteiger partial charge in [-0.05, 0) is 40.5 Å². The minimum Gasteiger partial charge on any atom is -0.444 e. The van der Waals surface area contributed by atoms with Crippen LogP contribution in [0.25, 0.3) is 0 Å². The Hall–Kier alpha value is -1.52. The number of ether oxygens (including phenoxy) is 1. The number of nitrogens with one attached hydrogen (secondary N) is 1. The van der Waals surface area contributed by atoms with Crippen LogP contribution in [0.15, 0.2) is 12.5 Å². The summed E-state index contributed by atoms with van der Waals surface area (Å²) < 4.78 is 7.43.